The summed E-state index contributed by atoms with van der Waals surface area (Å²) in [4.78, 5) is 26.3. The molecule has 1 fully saturated rings. The second kappa shape index (κ2) is 15.1. The molecule has 1 heterocycles. The minimum absolute atomic E-state index is 0.158. The van der Waals surface area contributed by atoms with Crippen molar-refractivity contribution in [1.82, 2.24) is 4.90 Å². The zero-order valence-corrected chi connectivity index (χ0v) is 20.8. The summed E-state index contributed by atoms with van der Waals surface area (Å²) in [6.45, 7) is 2.91. The number of rotatable bonds is 14. The molecule has 198 valence electrons. The summed E-state index contributed by atoms with van der Waals surface area (Å²) in [6, 6.07) is 2.06. The molecule has 0 bridgehead atoms. The van der Waals surface area contributed by atoms with E-state index in [1.54, 1.807) is 0 Å². The van der Waals surface area contributed by atoms with E-state index in [4.69, 9.17) is 4.74 Å². The van der Waals surface area contributed by atoms with Crippen LogP contribution in [0.15, 0.2) is 18.2 Å². The average molecular weight is 502 g/mol. The van der Waals surface area contributed by atoms with Crippen molar-refractivity contribution in [3.63, 3.8) is 0 Å². The third-order valence-corrected chi connectivity index (χ3v) is 6.63. The first-order valence-electron chi connectivity index (χ1n) is 13.1. The molecule has 8 heteroatoms. The van der Waals surface area contributed by atoms with E-state index in [-0.39, 0.29) is 25.0 Å². The Kier molecular flexibility index (Phi) is 12.6. The van der Waals surface area contributed by atoms with E-state index in [2.05, 4.69) is 6.92 Å². The Morgan fingerprint density at radius 2 is 1.46 bits per heavy atom. The summed E-state index contributed by atoms with van der Waals surface area (Å²) in [6.07, 6.45) is 9.16. The monoisotopic (exact) mass is 501 g/mol. The van der Waals surface area contributed by atoms with Crippen LogP contribution in [0.3, 0.4) is 0 Å². The van der Waals surface area contributed by atoms with Crippen LogP contribution in [0.25, 0.3) is 0 Å². The predicted molar refractivity (Wildman–Crippen MR) is 127 cm³/mol. The highest BCUT2D eigenvalue weighted by Crippen LogP contribution is 2.33. The van der Waals surface area contributed by atoms with Crippen molar-refractivity contribution in [2.45, 2.75) is 96.6 Å². The SMILES string of the molecule is CCCCCCCCCCCCCOC(=O)C1CCN(C(=O)c2ccc(F)cc2C(F)(F)F)CC1. The van der Waals surface area contributed by atoms with Gasteiger partial charge >= 0.3 is 12.1 Å². The number of hydrogen-bond acceptors (Lipinski definition) is 3. The zero-order chi connectivity index (χ0) is 25.7. The lowest BCUT2D eigenvalue weighted by Gasteiger charge is -2.31. The maximum absolute atomic E-state index is 13.3. The van der Waals surface area contributed by atoms with Gasteiger partial charge in [-0.15, -0.1) is 0 Å². The Balaban J connectivity index is 1.62. The summed E-state index contributed by atoms with van der Waals surface area (Å²) in [5.74, 6) is -2.51. The van der Waals surface area contributed by atoms with Gasteiger partial charge in [0.05, 0.1) is 23.7 Å². The zero-order valence-electron chi connectivity index (χ0n) is 20.8. The highest BCUT2D eigenvalue weighted by Gasteiger charge is 2.37. The molecule has 0 radical (unpaired) electrons. The topological polar surface area (TPSA) is 46.6 Å². The molecule has 4 nitrogen and oxygen atoms in total. The molecule has 1 aromatic carbocycles. The number of ether oxygens (including phenoxy) is 1. The van der Waals surface area contributed by atoms with Crippen LogP contribution >= 0.6 is 0 Å². The van der Waals surface area contributed by atoms with Crippen LogP contribution in [0.2, 0.25) is 0 Å². The van der Waals surface area contributed by atoms with Gasteiger partial charge in [0, 0.05) is 13.1 Å². The van der Waals surface area contributed by atoms with Crippen LogP contribution in [0.4, 0.5) is 17.6 Å². The highest BCUT2D eigenvalue weighted by molar-refractivity contribution is 5.96. The second-order valence-electron chi connectivity index (χ2n) is 9.46. The molecule has 35 heavy (non-hydrogen) atoms. The third-order valence-electron chi connectivity index (χ3n) is 6.63. The minimum Gasteiger partial charge on any atom is -0.465 e. The third kappa shape index (κ3) is 10.2. The number of nitrogens with zero attached hydrogens (tertiary/aromatic N) is 1. The molecule has 2 rings (SSSR count). The summed E-state index contributed by atoms with van der Waals surface area (Å²) in [7, 11) is 0. The van der Waals surface area contributed by atoms with Crippen molar-refractivity contribution in [2.75, 3.05) is 19.7 Å². The van der Waals surface area contributed by atoms with Crippen LogP contribution in [0.5, 0.6) is 0 Å². The van der Waals surface area contributed by atoms with Crippen LogP contribution < -0.4 is 0 Å². The number of piperidine rings is 1. The van der Waals surface area contributed by atoms with Crippen molar-refractivity contribution < 1.29 is 31.9 Å². The Morgan fingerprint density at radius 3 is 2.00 bits per heavy atom. The van der Waals surface area contributed by atoms with E-state index in [0.29, 0.717) is 25.5 Å². The molecule has 0 saturated carbocycles. The van der Waals surface area contributed by atoms with E-state index < -0.39 is 29.0 Å². The van der Waals surface area contributed by atoms with Crippen LogP contribution in [0, 0.1) is 11.7 Å². The number of esters is 1. The molecule has 1 aliphatic rings. The van der Waals surface area contributed by atoms with E-state index in [0.717, 1.165) is 31.4 Å². The number of amides is 1. The Bertz CT molecular complexity index is 789. The summed E-state index contributed by atoms with van der Waals surface area (Å²) < 4.78 is 58.4. The van der Waals surface area contributed by atoms with Gasteiger partial charge < -0.3 is 9.64 Å². The Labute approximate surface area is 206 Å². The lowest BCUT2D eigenvalue weighted by atomic mass is 9.96. The van der Waals surface area contributed by atoms with Crippen LogP contribution in [-0.2, 0) is 15.7 Å². The van der Waals surface area contributed by atoms with Gasteiger partial charge in [-0.1, -0.05) is 71.1 Å². The first-order valence-corrected chi connectivity index (χ1v) is 13.1. The molecular formula is C27H39F4NO3. The molecule has 0 spiro atoms. The van der Waals surface area contributed by atoms with Gasteiger partial charge in [-0.3, -0.25) is 9.59 Å². The maximum atomic E-state index is 13.3. The maximum Gasteiger partial charge on any atom is 0.417 e. The first-order chi connectivity index (χ1) is 16.7. The van der Waals surface area contributed by atoms with Crippen molar-refractivity contribution in [2.24, 2.45) is 5.92 Å². The molecule has 0 N–H and O–H groups in total. The van der Waals surface area contributed by atoms with Gasteiger partial charge in [-0.25, -0.2) is 4.39 Å². The molecule has 0 aromatic heterocycles. The van der Waals surface area contributed by atoms with E-state index in [1.165, 1.54) is 56.3 Å². The quantitative estimate of drug-likeness (QED) is 0.150. The minimum atomic E-state index is -4.83. The average Bonchev–Trinajstić information content (AvgIpc) is 2.83. The normalized spacial score (nSPS) is 14.8. The van der Waals surface area contributed by atoms with Gasteiger partial charge in [0.15, 0.2) is 0 Å². The lowest BCUT2D eigenvalue weighted by molar-refractivity contribution is -0.150. The summed E-state index contributed by atoms with van der Waals surface area (Å²) in [5, 5.41) is 0. The van der Waals surface area contributed by atoms with Crippen molar-refractivity contribution in [1.29, 1.82) is 0 Å². The van der Waals surface area contributed by atoms with Gasteiger partial charge in [0.1, 0.15) is 5.82 Å². The fourth-order valence-corrected chi connectivity index (χ4v) is 4.48. The molecule has 0 atom stereocenters. The molecule has 1 aliphatic heterocycles. The first kappa shape index (κ1) is 29.1. The smallest absolute Gasteiger partial charge is 0.417 e. The van der Waals surface area contributed by atoms with Crippen LogP contribution in [0.1, 0.15) is 106 Å². The van der Waals surface area contributed by atoms with E-state index in [9.17, 15) is 27.2 Å². The number of unbranched alkanes of at least 4 members (excludes halogenated alkanes) is 10. The molecule has 1 aromatic rings. The molecule has 0 aliphatic carbocycles. The van der Waals surface area contributed by atoms with Crippen molar-refractivity contribution >= 4 is 11.9 Å². The summed E-state index contributed by atoms with van der Waals surface area (Å²) >= 11 is 0. The molecule has 0 unspecified atom stereocenters. The van der Waals surface area contributed by atoms with Gasteiger partial charge in [-0.2, -0.15) is 13.2 Å². The Hall–Kier alpha value is -2.12. The number of carbonyl (C=O) groups is 2. The van der Waals surface area contributed by atoms with E-state index >= 15 is 0 Å². The van der Waals surface area contributed by atoms with Crippen molar-refractivity contribution in [3.8, 4) is 0 Å². The number of hydrogen-bond donors (Lipinski definition) is 0. The van der Waals surface area contributed by atoms with Crippen molar-refractivity contribution in [3.05, 3.63) is 35.1 Å². The second-order valence-corrected chi connectivity index (χ2v) is 9.46. The number of alkyl halides is 3. The number of halogens is 4. The van der Waals surface area contributed by atoms with Crippen LogP contribution in [-0.4, -0.2) is 36.5 Å². The summed E-state index contributed by atoms with van der Waals surface area (Å²) in [5.41, 5.74) is -1.85. The number of benzene rings is 1. The highest BCUT2D eigenvalue weighted by atomic mass is 19.4. The largest absolute Gasteiger partial charge is 0.465 e. The number of carbonyl (C=O) groups excluding carboxylic acids is 2. The lowest BCUT2D eigenvalue weighted by Crippen LogP contribution is -2.41. The van der Waals surface area contributed by atoms with Gasteiger partial charge in [0.2, 0.25) is 0 Å². The molecular weight excluding hydrogens is 462 g/mol. The standard InChI is InChI=1S/C27H39F4NO3/c1-2-3-4-5-6-7-8-9-10-11-12-19-35-26(34)21-15-17-32(18-16-21)25(33)23-14-13-22(28)20-24(23)27(29,30)31/h13-14,20-21H,2-12,15-19H2,1H3. The van der Waals surface area contributed by atoms with Gasteiger partial charge in [-0.05, 0) is 37.5 Å². The Morgan fingerprint density at radius 1 is 0.914 bits per heavy atom. The van der Waals surface area contributed by atoms with E-state index in [1.807, 2.05) is 0 Å². The molecule has 1 amide bonds. The molecule has 1 saturated heterocycles. The fourth-order valence-electron chi connectivity index (χ4n) is 4.48. The number of likely N-dealkylation sites (tertiary alicyclic amines) is 1. The fraction of sp³-hybridized carbons (Fsp3) is 0.704. The predicted octanol–water partition coefficient (Wildman–Crippen LogP) is 7.55. The van der Waals surface area contributed by atoms with Gasteiger partial charge in [0.25, 0.3) is 5.91 Å².